The van der Waals surface area contributed by atoms with Gasteiger partial charge in [-0.2, -0.15) is 0 Å². The fraction of sp³-hybridized carbons (Fsp3) is 0.417. The van der Waals surface area contributed by atoms with Crippen LogP contribution in [0.3, 0.4) is 0 Å². The zero-order chi connectivity index (χ0) is 13.0. The van der Waals surface area contributed by atoms with Crippen LogP contribution in [0.25, 0.3) is 0 Å². The molecule has 0 bridgehead atoms. The van der Waals surface area contributed by atoms with E-state index >= 15 is 0 Å². The molecule has 0 aromatic heterocycles. The Kier molecular flexibility index (Phi) is 4.96. The summed E-state index contributed by atoms with van der Waals surface area (Å²) in [5.41, 5.74) is 6.77. The van der Waals surface area contributed by atoms with Gasteiger partial charge in [-0.15, -0.1) is 0 Å². The second-order valence-electron chi connectivity index (χ2n) is 3.56. The van der Waals surface area contributed by atoms with Gasteiger partial charge in [0, 0.05) is 22.0 Å². The number of rotatable bonds is 5. The summed E-state index contributed by atoms with van der Waals surface area (Å²) >= 11 is 3.38. The van der Waals surface area contributed by atoms with Gasteiger partial charge in [0.2, 0.25) is 0 Å². The normalized spacial score (nSPS) is 10.2. The van der Waals surface area contributed by atoms with Crippen molar-refractivity contribution in [2.45, 2.75) is 13.3 Å². The molecule has 2 N–H and O–H groups in total. The standard InChI is InChI=1S/C12H16BrNO3/c1-7-11(9(15)4-5-14)8(13)6-10(16-2)12(7)17-3/h6H,4-5,14H2,1-3H3. The maximum Gasteiger partial charge on any atom is 0.165 e. The topological polar surface area (TPSA) is 61.5 Å². The first-order valence-electron chi connectivity index (χ1n) is 5.21. The van der Waals surface area contributed by atoms with Gasteiger partial charge in [-0.25, -0.2) is 0 Å². The first kappa shape index (κ1) is 14.0. The molecule has 0 radical (unpaired) electrons. The average Bonchev–Trinajstić information content (AvgIpc) is 2.28. The Morgan fingerprint density at radius 3 is 2.53 bits per heavy atom. The molecule has 17 heavy (non-hydrogen) atoms. The van der Waals surface area contributed by atoms with E-state index in [1.807, 2.05) is 6.92 Å². The van der Waals surface area contributed by atoms with Gasteiger partial charge >= 0.3 is 0 Å². The quantitative estimate of drug-likeness (QED) is 0.848. The second-order valence-corrected chi connectivity index (χ2v) is 4.41. The Bertz CT molecular complexity index is 432. The molecule has 0 unspecified atom stereocenters. The summed E-state index contributed by atoms with van der Waals surface area (Å²) in [4.78, 5) is 11.9. The number of nitrogens with two attached hydrogens (primary N) is 1. The number of hydrogen-bond donors (Lipinski definition) is 1. The lowest BCUT2D eigenvalue weighted by Crippen LogP contribution is -2.11. The molecule has 0 amide bonds. The van der Waals surface area contributed by atoms with Gasteiger partial charge in [0.1, 0.15) is 0 Å². The van der Waals surface area contributed by atoms with E-state index in [4.69, 9.17) is 15.2 Å². The summed E-state index contributed by atoms with van der Waals surface area (Å²) in [6.07, 6.45) is 0.314. The van der Waals surface area contributed by atoms with E-state index in [0.29, 0.717) is 34.5 Å². The molecule has 0 heterocycles. The minimum atomic E-state index is -0.00201. The summed E-state index contributed by atoms with van der Waals surface area (Å²) in [6.45, 7) is 2.16. The first-order valence-corrected chi connectivity index (χ1v) is 6.00. The Labute approximate surface area is 109 Å². The summed E-state index contributed by atoms with van der Waals surface area (Å²) in [7, 11) is 3.11. The number of methoxy groups -OCH3 is 2. The van der Waals surface area contributed by atoms with E-state index in [1.165, 1.54) is 0 Å². The van der Waals surface area contributed by atoms with E-state index in [0.717, 1.165) is 5.56 Å². The van der Waals surface area contributed by atoms with Crippen molar-refractivity contribution in [2.24, 2.45) is 5.73 Å². The minimum Gasteiger partial charge on any atom is -0.493 e. The van der Waals surface area contributed by atoms with Gasteiger partial charge in [-0.05, 0) is 35.5 Å². The van der Waals surface area contributed by atoms with Gasteiger partial charge in [-0.3, -0.25) is 4.79 Å². The van der Waals surface area contributed by atoms with Crippen LogP contribution in [0.2, 0.25) is 0 Å². The third kappa shape index (κ3) is 2.79. The van der Waals surface area contributed by atoms with Crippen LogP contribution in [0.5, 0.6) is 11.5 Å². The third-order valence-corrected chi connectivity index (χ3v) is 3.14. The number of halogens is 1. The van der Waals surface area contributed by atoms with Crippen molar-refractivity contribution < 1.29 is 14.3 Å². The van der Waals surface area contributed by atoms with Crippen LogP contribution >= 0.6 is 15.9 Å². The largest absolute Gasteiger partial charge is 0.493 e. The Hall–Kier alpha value is -1.07. The second kappa shape index (κ2) is 6.02. The molecule has 0 atom stereocenters. The lowest BCUT2D eigenvalue weighted by molar-refractivity contribution is 0.0983. The Morgan fingerprint density at radius 1 is 1.41 bits per heavy atom. The van der Waals surface area contributed by atoms with Crippen molar-refractivity contribution in [3.63, 3.8) is 0 Å². The average molecular weight is 302 g/mol. The molecular weight excluding hydrogens is 286 g/mol. The fourth-order valence-corrected chi connectivity index (χ4v) is 2.46. The maximum atomic E-state index is 11.9. The molecule has 0 aliphatic heterocycles. The highest BCUT2D eigenvalue weighted by Gasteiger charge is 2.19. The molecule has 0 saturated heterocycles. The van der Waals surface area contributed by atoms with Gasteiger partial charge in [0.15, 0.2) is 17.3 Å². The van der Waals surface area contributed by atoms with Crippen LogP contribution in [0.1, 0.15) is 22.3 Å². The zero-order valence-corrected chi connectivity index (χ0v) is 11.8. The monoisotopic (exact) mass is 301 g/mol. The van der Waals surface area contributed by atoms with Crippen LogP contribution in [-0.4, -0.2) is 26.5 Å². The van der Waals surface area contributed by atoms with Crippen molar-refractivity contribution in [3.8, 4) is 11.5 Å². The summed E-state index contributed by atoms with van der Waals surface area (Å²) in [6, 6.07) is 1.73. The number of carbonyl (C=O) groups is 1. The minimum absolute atomic E-state index is 0.00201. The van der Waals surface area contributed by atoms with Gasteiger partial charge < -0.3 is 15.2 Å². The molecule has 0 aliphatic rings. The predicted octanol–water partition coefficient (Wildman–Crippen LogP) is 2.31. The first-order chi connectivity index (χ1) is 8.06. The molecule has 5 heteroatoms. The SMILES string of the molecule is COc1cc(Br)c(C(=O)CCN)c(C)c1OC. The molecule has 94 valence electrons. The number of carbonyl (C=O) groups excluding carboxylic acids is 1. The molecule has 1 rings (SSSR count). The van der Waals surface area contributed by atoms with Crippen LogP contribution in [0.15, 0.2) is 10.5 Å². The molecule has 1 aromatic rings. The van der Waals surface area contributed by atoms with Crippen molar-refractivity contribution in [2.75, 3.05) is 20.8 Å². The third-order valence-electron chi connectivity index (χ3n) is 2.51. The molecule has 1 aromatic carbocycles. The molecule has 4 nitrogen and oxygen atoms in total. The van der Waals surface area contributed by atoms with E-state index in [9.17, 15) is 4.79 Å². The summed E-state index contributed by atoms with van der Waals surface area (Å²) < 4.78 is 11.2. The summed E-state index contributed by atoms with van der Waals surface area (Å²) in [5.74, 6) is 1.18. The predicted molar refractivity (Wildman–Crippen MR) is 70.0 cm³/mol. The Balaban J connectivity index is 3.36. The van der Waals surface area contributed by atoms with Gasteiger partial charge in [-0.1, -0.05) is 0 Å². The highest BCUT2D eigenvalue weighted by atomic mass is 79.9. The molecule has 0 spiro atoms. The maximum absolute atomic E-state index is 11.9. The van der Waals surface area contributed by atoms with Crippen molar-refractivity contribution >= 4 is 21.7 Å². The smallest absolute Gasteiger partial charge is 0.165 e. The highest BCUT2D eigenvalue weighted by molar-refractivity contribution is 9.10. The lowest BCUT2D eigenvalue weighted by atomic mass is 10.0. The Morgan fingerprint density at radius 2 is 2.06 bits per heavy atom. The van der Waals surface area contributed by atoms with E-state index in [2.05, 4.69) is 15.9 Å². The number of ether oxygens (including phenoxy) is 2. The van der Waals surface area contributed by atoms with Crippen molar-refractivity contribution in [1.29, 1.82) is 0 Å². The molecule has 0 saturated carbocycles. The number of hydrogen-bond acceptors (Lipinski definition) is 4. The van der Waals surface area contributed by atoms with E-state index in [1.54, 1.807) is 20.3 Å². The van der Waals surface area contributed by atoms with Crippen LogP contribution in [0, 0.1) is 6.92 Å². The van der Waals surface area contributed by atoms with Crippen LogP contribution < -0.4 is 15.2 Å². The van der Waals surface area contributed by atoms with Crippen LogP contribution in [0.4, 0.5) is 0 Å². The van der Waals surface area contributed by atoms with E-state index in [-0.39, 0.29) is 5.78 Å². The highest BCUT2D eigenvalue weighted by Crippen LogP contribution is 2.38. The van der Waals surface area contributed by atoms with Gasteiger partial charge in [0.25, 0.3) is 0 Å². The molecular formula is C12H16BrNO3. The number of ketones is 1. The number of Topliss-reactive ketones (excluding diaryl/α,β-unsaturated/α-hetero) is 1. The molecule has 0 fully saturated rings. The van der Waals surface area contributed by atoms with Crippen molar-refractivity contribution in [3.05, 3.63) is 21.7 Å². The number of benzene rings is 1. The van der Waals surface area contributed by atoms with Crippen molar-refractivity contribution in [1.82, 2.24) is 0 Å². The zero-order valence-electron chi connectivity index (χ0n) is 10.2. The van der Waals surface area contributed by atoms with Gasteiger partial charge in [0.05, 0.1) is 14.2 Å². The van der Waals surface area contributed by atoms with E-state index < -0.39 is 0 Å². The molecule has 0 aliphatic carbocycles. The lowest BCUT2D eigenvalue weighted by Gasteiger charge is -2.15. The van der Waals surface area contributed by atoms with Crippen LogP contribution in [-0.2, 0) is 0 Å². The fourth-order valence-electron chi connectivity index (χ4n) is 1.73. The summed E-state index contributed by atoms with van der Waals surface area (Å²) in [5, 5.41) is 0.